The molecule has 53 heavy (non-hydrogen) atoms. The van der Waals surface area contributed by atoms with Gasteiger partial charge in [-0.2, -0.15) is 0 Å². The quantitative estimate of drug-likeness (QED) is 0.267. The number of sulfonamides is 1. The van der Waals surface area contributed by atoms with Crippen molar-refractivity contribution in [2.24, 2.45) is 17.1 Å². The fraction of sp³-hybridized carbons (Fsp3) is 0.514. The van der Waals surface area contributed by atoms with Crippen LogP contribution in [0.2, 0.25) is 0 Å². The second-order valence-electron chi connectivity index (χ2n) is 15.0. The molecule has 4 heterocycles. The number of ether oxygens (including phenoxy) is 1. The fourth-order valence-electron chi connectivity index (χ4n) is 7.84. The molecule has 0 spiro atoms. The molecule has 4 fully saturated rings. The Morgan fingerprint density at radius 3 is 2.40 bits per heavy atom. The summed E-state index contributed by atoms with van der Waals surface area (Å²) in [5.74, 6) is -5.78. The molecule has 2 aliphatic heterocycles. The number of thiazole rings is 1. The summed E-state index contributed by atoms with van der Waals surface area (Å²) in [7, 11) is -4.00. The van der Waals surface area contributed by atoms with Gasteiger partial charge in [-0.05, 0) is 62.3 Å². The van der Waals surface area contributed by atoms with Gasteiger partial charge in [-0.15, -0.1) is 11.3 Å². The van der Waals surface area contributed by atoms with Crippen molar-refractivity contribution in [1.82, 2.24) is 24.6 Å². The molecule has 2 aliphatic carbocycles. The van der Waals surface area contributed by atoms with Gasteiger partial charge in [-0.3, -0.25) is 19.1 Å². The van der Waals surface area contributed by atoms with Gasteiger partial charge in [-0.25, -0.2) is 32.2 Å². The first kappa shape index (κ1) is 35.9. The molecule has 0 unspecified atom stereocenters. The molecule has 0 radical (unpaired) electrons. The molecule has 2 amide bonds. The first-order chi connectivity index (χ1) is 25.3. The van der Waals surface area contributed by atoms with Crippen LogP contribution in [0.25, 0.3) is 32.0 Å². The maximum absolute atomic E-state index is 15.2. The minimum Gasteiger partial charge on any atom is -0.471 e. The lowest BCUT2D eigenvalue weighted by Gasteiger charge is -2.27. The maximum atomic E-state index is 15.2. The lowest BCUT2D eigenvalue weighted by atomic mass is 9.89. The summed E-state index contributed by atoms with van der Waals surface area (Å²) >= 11 is 1.42. The number of rotatable bonds is 6. The van der Waals surface area contributed by atoms with Crippen LogP contribution in [0.5, 0.6) is 5.88 Å². The van der Waals surface area contributed by atoms with E-state index in [0.29, 0.717) is 47.4 Å². The van der Waals surface area contributed by atoms with Crippen molar-refractivity contribution in [3.8, 4) is 16.6 Å². The van der Waals surface area contributed by atoms with Gasteiger partial charge < -0.3 is 15.4 Å². The molecule has 5 atom stereocenters. The standard InChI is InChI=1S/C37H40F2N6O6S2/c38-37(39)15-7-1-2-8-24(40)34(47)45-20-22(16-28(45)29(46)19-36(17-21(36)18-37)35(48)44-53(49,50)23-13-14-23)51-32-31(41-25-9-3-4-10-26(25)42-32)33-43-27-11-5-6-12-30(27)52-33/h3-6,9-12,21-24,28H,1-2,7-8,13-20,40H2,(H,44,48)/t21-,22+,24-,28-,36+/m0/s1. The predicted octanol–water partition coefficient (Wildman–Crippen LogP) is 5.15. The van der Waals surface area contributed by atoms with Gasteiger partial charge in [0.15, 0.2) is 11.5 Å². The van der Waals surface area contributed by atoms with Gasteiger partial charge >= 0.3 is 0 Å². The predicted molar refractivity (Wildman–Crippen MR) is 194 cm³/mol. The van der Waals surface area contributed by atoms with Crippen LogP contribution in [0.15, 0.2) is 48.5 Å². The smallest absolute Gasteiger partial charge is 0.248 e. The molecule has 2 aromatic carbocycles. The van der Waals surface area contributed by atoms with E-state index in [0.717, 1.165) is 10.2 Å². The minimum absolute atomic E-state index is 0.0178. The number of alkyl halides is 2. The Hall–Kier alpha value is -4.15. The Bertz CT molecular complexity index is 2180. The number of benzene rings is 2. The van der Waals surface area contributed by atoms with E-state index in [-0.39, 0.29) is 38.1 Å². The molecule has 2 saturated carbocycles. The zero-order chi connectivity index (χ0) is 37.1. The number of hydrogen-bond acceptors (Lipinski definition) is 11. The number of fused-ring (bicyclic) bond motifs is 4. The summed E-state index contributed by atoms with van der Waals surface area (Å²) < 4.78 is 65.6. The van der Waals surface area contributed by atoms with E-state index >= 15 is 8.78 Å². The highest BCUT2D eigenvalue weighted by atomic mass is 32.2. The average Bonchev–Trinajstić information content (AvgIpc) is 4.00. The van der Waals surface area contributed by atoms with Crippen LogP contribution in [0.3, 0.4) is 0 Å². The van der Waals surface area contributed by atoms with Crippen molar-refractivity contribution in [3.63, 3.8) is 0 Å². The Kier molecular flexibility index (Phi) is 9.21. The molecule has 0 bridgehead atoms. The van der Waals surface area contributed by atoms with Crippen molar-refractivity contribution in [1.29, 1.82) is 0 Å². The third-order valence-corrected chi connectivity index (χ3v) is 13.9. The van der Waals surface area contributed by atoms with E-state index in [1.165, 1.54) is 16.2 Å². The van der Waals surface area contributed by atoms with Crippen LogP contribution < -0.4 is 15.2 Å². The van der Waals surface area contributed by atoms with E-state index in [4.69, 9.17) is 25.4 Å². The van der Waals surface area contributed by atoms with E-state index < -0.39 is 87.6 Å². The summed E-state index contributed by atoms with van der Waals surface area (Å²) in [6.07, 6.45) is -0.210. The van der Waals surface area contributed by atoms with Crippen LogP contribution >= 0.6 is 11.3 Å². The Morgan fingerprint density at radius 1 is 0.943 bits per heavy atom. The van der Waals surface area contributed by atoms with Crippen molar-refractivity contribution < 1.29 is 36.3 Å². The van der Waals surface area contributed by atoms with Crippen LogP contribution in [-0.2, 0) is 24.4 Å². The highest BCUT2D eigenvalue weighted by Gasteiger charge is 2.64. The number of carbonyl (C=O) groups is 3. The SMILES string of the molecule is N[C@H]1CCCCCC(F)(F)C[C@@H]2C[C@@]2(C(=O)NS(=O)(=O)C2CC2)CC(=O)[C@@H]2C[C@@H](Oc3nc4ccccc4nc3-c3nc4ccccc4s3)CN2C1=O. The van der Waals surface area contributed by atoms with Gasteiger partial charge in [-0.1, -0.05) is 37.1 Å². The van der Waals surface area contributed by atoms with Crippen LogP contribution in [0, 0.1) is 11.3 Å². The molecule has 3 N–H and O–H groups in total. The highest BCUT2D eigenvalue weighted by molar-refractivity contribution is 7.90. The Balaban J connectivity index is 1.11. The lowest BCUT2D eigenvalue weighted by Crippen LogP contribution is -2.49. The van der Waals surface area contributed by atoms with Crippen molar-refractivity contribution >= 4 is 60.2 Å². The van der Waals surface area contributed by atoms with E-state index in [1.807, 2.05) is 42.5 Å². The third-order valence-electron chi connectivity index (χ3n) is 11.0. The molecule has 2 saturated heterocycles. The first-order valence-corrected chi connectivity index (χ1v) is 20.5. The molecule has 4 aliphatic rings. The van der Waals surface area contributed by atoms with Crippen molar-refractivity contribution in [2.75, 3.05) is 6.54 Å². The summed E-state index contributed by atoms with van der Waals surface area (Å²) in [5.41, 5.74) is 7.11. The first-order valence-electron chi connectivity index (χ1n) is 18.1. The maximum Gasteiger partial charge on any atom is 0.248 e. The van der Waals surface area contributed by atoms with E-state index in [9.17, 15) is 22.8 Å². The number of amides is 2. The second-order valence-corrected chi connectivity index (χ2v) is 18.0. The second kappa shape index (κ2) is 13.6. The van der Waals surface area contributed by atoms with Gasteiger partial charge in [0, 0.05) is 25.7 Å². The van der Waals surface area contributed by atoms with Crippen LogP contribution in [-0.4, -0.2) is 81.8 Å². The number of aromatic nitrogens is 3. The number of nitrogens with zero attached hydrogens (tertiary/aromatic N) is 4. The van der Waals surface area contributed by atoms with Gasteiger partial charge in [0.25, 0.3) is 0 Å². The summed E-state index contributed by atoms with van der Waals surface area (Å²) in [4.78, 5) is 57.7. The van der Waals surface area contributed by atoms with Crippen molar-refractivity contribution in [2.45, 2.75) is 100.0 Å². The molecule has 280 valence electrons. The van der Waals surface area contributed by atoms with Crippen LogP contribution in [0.4, 0.5) is 8.78 Å². The third kappa shape index (κ3) is 7.24. The molecular weight excluding hydrogens is 727 g/mol. The van der Waals surface area contributed by atoms with Crippen LogP contribution in [0.1, 0.15) is 70.6 Å². The number of nitrogens with one attached hydrogen (secondary N) is 1. The van der Waals surface area contributed by atoms with Gasteiger partial charge in [0.05, 0.1) is 50.5 Å². The number of hydrogen-bond donors (Lipinski definition) is 2. The summed E-state index contributed by atoms with van der Waals surface area (Å²) in [6.45, 7) is -0.0204. The monoisotopic (exact) mass is 766 g/mol. The Labute approximate surface area is 308 Å². The molecule has 4 aromatic rings. The molecular formula is C37H40F2N6O6S2. The van der Waals surface area contributed by atoms with E-state index in [1.54, 1.807) is 6.07 Å². The zero-order valence-electron chi connectivity index (χ0n) is 28.9. The molecule has 12 nitrogen and oxygen atoms in total. The normalized spacial score (nSPS) is 28.2. The number of ketones is 1. The molecule has 2 aromatic heterocycles. The number of halogens is 2. The van der Waals surface area contributed by atoms with Gasteiger partial charge in [0.1, 0.15) is 11.1 Å². The van der Waals surface area contributed by atoms with Gasteiger partial charge in [0.2, 0.25) is 33.6 Å². The lowest BCUT2D eigenvalue weighted by molar-refractivity contribution is -0.140. The summed E-state index contributed by atoms with van der Waals surface area (Å²) in [5, 5.41) is -0.139. The zero-order valence-corrected chi connectivity index (χ0v) is 30.5. The number of para-hydroxylation sites is 3. The largest absolute Gasteiger partial charge is 0.471 e. The fourth-order valence-corrected chi connectivity index (χ4v) is 10.2. The molecule has 8 rings (SSSR count). The minimum atomic E-state index is -4.00. The summed E-state index contributed by atoms with van der Waals surface area (Å²) in [6, 6.07) is 12.9. The number of Topliss-reactive ketones (excluding diaryl/α,β-unsaturated/α-hetero) is 1. The average molecular weight is 767 g/mol. The molecule has 16 heteroatoms. The topological polar surface area (TPSA) is 175 Å². The Morgan fingerprint density at radius 2 is 1.66 bits per heavy atom. The van der Waals surface area contributed by atoms with E-state index in [2.05, 4.69) is 4.72 Å². The van der Waals surface area contributed by atoms with Crippen molar-refractivity contribution in [3.05, 3.63) is 48.5 Å². The highest BCUT2D eigenvalue weighted by Crippen LogP contribution is 2.60. The number of nitrogens with two attached hydrogens (primary N) is 1. The number of carbonyl (C=O) groups excluding carboxylic acids is 3.